The van der Waals surface area contributed by atoms with E-state index in [0.29, 0.717) is 0 Å². The summed E-state index contributed by atoms with van der Waals surface area (Å²) in [4.78, 5) is 10.1. The third-order valence-corrected chi connectivity index (χ3v) is 1.22. The van der Waals surface area contributed by atoms with E-state index in [1.807, 2.05) is 0 Å². The Morgan fingerprint density at radius 2 is 2.60 bits per heavy atom. The molecule has 1 rings (SSSR count). The van der Waals surface area contributed by atoms with Crippen LogP contribution < -0.4 is 0 Å². The van der Waals surface area contributed by atoms with E-state index in [1.54, 1.807) is 0 Å². The number of hydrogen-bond donors (Lipinski definition) is 1. The highest BCUT2D eigenvalue weighted by Gasteiger charge is 2.05. The number of hydrogen-bond acceptors (Lipinski definition) is 3. The van der Waals surface area contributed by atoms with Crippen molar-refractivity contribution in [2.45, 2.75) is 0 Å². The van der Waals surface area contributed by atoms with E-state index >= 15 is 0 Å². The van der Waals surface area contributed by atoms with E-state index < -0.39 is 5.97 Å². The zero-order valence-electron chi connectivity index (χ0n) is 4.69. The molecule has 0 fully saturated rings. The highest BCUT2D eigenvalue weighted by Crippen LogP contribution is 2.06. The predicted octanol–water partition coefficient (Wildman–Crippen LogP) is 0.962. The number of nitrogens with zero attached hydrogens (tertiary/aromatic N) is 2. The van der Waals surface area contributed by atoms with E-state index in [1.165, 1.54) is 0 Å². The molecule has 0 amide bonds. The molecule has 54 valence electrons. The van der Waals surface area contributed by atoms with Gasteiger partial charge in [0.25, 0.3) is 0 Å². The van der Waals surface area contributed by atoms with Crippen LogP contribution >= 0.6 is 12.3 Å². The molecule has 0 aliphatic heterocycles. The van der Waals surface area contributed by atoms with Crippen LogP contribution in [0.2, 0.25) is 0 Å². The maximum atomic E-state index is 11.6. The van der Waals surface area contributed by atoms with Gasteiger partial charge in [-0.1, -0.05) is 0 Å². The van der Waals surface area contributed by atoms with E-state index in [-0.39, 0.29) is 17.9 Å². The lowest BCUT2D eigenvalue weighted by Crippen LogP contribution is -1.92. The Labute approximate surface area is 60.1 Å². The largest absolute Gasteiger partial charge is 0.478 e. The van der Waals surface area contributed by atoms with Gasteiger partial charge in [0, 0.05) is 0 Å². The number of carboxylic acids is 1. The van der Waals surface area contributed by atoms with E-state index in [2.05, 4.69) is 5.10 Å². The maximum absolute atomic E-state index is 11.6. The van der Waals surface area contributed by atoms with Crippen LogP contribution in [-0.2, 0) is 0 Å². The van der Waals surface area contributed by atoms with Crippen molar-refractivity contribution < 1.29 is 13.8 Å². The van der Waals surface area contributed by atoms with Crippen molar-refractivity contribution in [1.82, 2.24) is 9.19 Å². The van der Waals surface area contributed by atoms with Crippen molar-refractivity contribution in [3.63, 3.8) is 0 Å². The van der Waals surface area contributed by atoms with Crippen LogP contribution in [0.5, 0.6) is 0 Å². The molecular weight excluding hydrogens is 159 g/mol. The van der Waals surface area contributed by atoms with Crippen LogP contribution in [-0.4, -0.2) is 20.3 Å². The fourth-order valence-corrected chi connectivity index (χ4v) is 0.689. The molecule has 4 nitrogen and oxygen atoms in total. The summed E-state index contributed by atoms with van der Waals surface area (Å²) in [6, 6.07) is 0. The highest BCUT2D eigenvalue weighted by atomic mass is 32.2. The number of carbonyl (C=O) groups is 1. The summed E-state index contributed by atoms with van der Waals surface area (Å²) in [5, 5.41) is 11.7. The fourth-order valence-electron chi connectivity index (χ4n) is 0.453. The normalized spacial score (nSPS) is 9.70. The Balaban J connectivity index is 2.88. The fraction of sp³-hybridized carbons (Fsp3) is 0. The molecule has 0 spiro atoms. The minimum atomic E-state index is -1.11. The number of aromatic nitrogens is 2. The molecule has 0 aromatic carbocycles. The molecule has 0 aliphatic rings. The molecule has 0 saturated carbocycles. The maximum Gasteiger partial charge on any atom is 0.338 e. The molecule has 1 aromatic heterocycles. The van der Waals surface area contributed by atoms with Gasteiger partial charge < -0.3 is 5.11 Å². The summed E-state index contributed by atoms with van der Waals surface area (Å²) in [6.07, 6.45) is 2.17. The van der Waals surface area contributed by atoms with Gasteiger partial charge in [0.2, 0.25) is 0 Å². The molecule has 1 N–H and O–H groups in total. The van der Waals surface area contributed by atoms with Crippen LogP contribution in [0.15, 0.2) is 12.4 Å². The second-order valence-corrected chi connectivity index (χ2v) is 2.02. The number of aromatic carboxylic acids is 1. The summed E-state index contributed by atoms with van der Waals surface area (Å²) in [6.45, 7) is 0. The lowest BCUT2D eigenvalue weighted by atomic mass is 10.4. The molecule has 6 heteroatoms. The van der Waals surface area contributed by atoms with Gasteiger partial charge >= 0.3 is 5.97 Å². The smallest absolute Gasteiger partial charge is 0.338 e. The number of halogens is 1. The van der Waals surface area contributed by atoms with Crippen LogP contribution in [0.1, 0.15) is 10.4 Å². The Kier molecular flexibility index (Phi) is 1.91. The molecule has 1 heterocycles. The van der Waals surface area contributed by atoms with E-state index in [4.69, 9.17) is 5.11 Å². The first-order chi connectivity index (χ1) is 4.74. The highest BCUT2D eigenvalue weighted by molar-refractivity contribution is 7.92. The zero-order valence-corrected chi connectivity index (χ0v) is 5.51. The van der Waals surface area contributed by atoms with Gasteiger partial charge in [-0.2, -0.15) is 9.19 Å². The van der Waals surface area contributed by atoms with Gasteiger partial charge in [0.05, 0.1) is 18.0 Å². The third-order valence-electron chi connectivity index (χ3n) is 0.878. The Morgan fingerprint density at radius 1 is 1.90 bits per heavy atom. The standard InChI is InChI=1S/C4H3FN2O2S/c5-10-7-2-3(1-6-7)4(8)9/h1-2H,(H,8,9). The zero-order chi connectivity index (χ0) is 7.56. The molecule has 0 aliphatic carbocycles. The minimum absolute atomic E-state index is 0.0230. The SMILES string of the molecule is O=C(O)c1cnn(SF)c1. The average Bonchev–Trinajstić information content (AvgIpc) is 2.34. The topological polar surface area (TPSA) is 55.1 Å². The minimum Gasteiger partial charge on any atom is -0.478 e. The summed E-state index contributed by atoms with van der Waals surface area (Å²) in [5.74, 6) is -1.11. The lowest BCUT2D eigenvalue weighted by molar-refractivity contribution is 0.0697. The molecule has 0 saturated heterocycles. The lowest BCUT2D eigenvalue weighted by Gasteiger charge is -1.83. The van der Waals surface area contributed by atoms with Crippen LogP contribution in [0, 0.1) is 0 Å². The number of carboxylic acid groups (broad SMARTS) is 1. The molecule has 1 aromatic rings. The Hall–Kier alpha value is -1.04. The van der Waals surface area contributed by atoms with Crippen molar-refractivity contribution in [2.75, 3.05) is 0 Å². The number of rotatable bonds is 2. The van der Waals surface area contributed by atoms with Gasteiger partial charge in [-0.05, 0) is 0 Å². The van der Waals surface area contributed by atoms with Crippen molar-refractivity contribution in [3.05, 3.63) is 18.0 Å². The molecular formula is C4H3FN2O2S. The quantitative estimate of drug-likeness (QED) is 0.703. The van der Waals surface area contributed by atoms with Gasteiger partial charge in [-0.25, -0.2) is 4.79 Å². The second-order valence-electron chi connectivity index (χ2n) is 1.51. The van der Waals surface area contributed by atoms with E-state index in [9.17, 15) is 8.68 Å². The average molecular weight is 162 g/mol. The molecule has 10 heavy (non-hydrogen) atoms. The Bertz CT molecular complexity index is 249. The van der Waals surface area contributed by atoms with Crippen LogP contribution in [0.3, 0.4) is 0 Å². The first-order valence-electron chi connectivity index (χ1n) is 2.31. The Morgan fingerprint density at radius 3 is 2.90 bits per heavy atom. The first-order valence-corrected chi connectivity index (χ1v) is 2.98. The third kappa shape index (κ3) is 1.27. The monoisotopic (exact) mass is 162 g/mol. The predicted molar refractivity (Wildman–Crippen MR) is 33.3 cm³/mol. The molecule has 0 bridgehead atoms. The summed E-state index contributed by atoms with van der Waals surface area (Å²) in [7, 11) is 0. The van der Waals surface area contributed by atoms with Crippen molar-refractivity contribution in [1.29, 1.82) is 0 Å². The van der Waals surface area contributed by atoms with Crippen molar-refractivity contribution in [2.24, 2.45) is 0 Å². The molecule has 0 atom stereocenters. The van der Waals surface area contributed by atoms with Crippen LogP contribution in [0.4, 0.5) is 3.89 Å². The van der Waals surface area contributed by atoms with Gasteiger partial charge in [-0.3, -0.25) is 0 Å². The van der Waals surface area contributed by atoms with Gasteiger partial charge in [0.15, 0.2) is 12.3 Å². The van der Waals surface area contributed by atoms with Gasteiger partial charge in [0.1, 0.15) is 0 Å². The molecule has 0 radical (unpaired) electrons. The summed E-state index contributed by atoms with van der Waals surface area (Å²) < 4.78 is 12.4. The summed E-state index contributed by atoms with van der Waals surface area (Å²) in [5.41, 5.74) is -0.0230. The van der Waals surface area contributed by atoms with Crippen LogP contribution in [0.25, 0.3) is 0 Å². The van der Waals surface area contributed by atoms with Crippen molar-refractivity contribution in [3.8, 4) is 0 Å². The van der Waals surface area contributed by atoms with Gasteiger partial charge in [-0.15, -0.1) is 3.89 Å². The molecule has 0 unspecified atom stereocenters. The first kappa shape index (κ1) is 7.07. The second kappa shape index (κ2) is 2.70. The van der Waals surface area contributed by atoms with E-state index in [0.717, 1.165) is 16.5 Å². The summed E-state index contributed by atoms with van der Waals surface area (Å²) >= 11 is -0.151. The van der Waals surface area contributed by atoms with Crippen molar-refractivity contribution >= 4 is 18.3 Å².